The number of amides is 1. The Labute approximate surface area is 127 Å². The maximum absolute atomic E-state index is 11.3. The SMILES string of the molecule is CO[C@@H]1C(COC(C)=O)O[C@@H](O)C(NC(C)=O)C1OC(C)=O. The molecule has 0 aromatic rings. The quantitative estimate of drug-likeness (QED) is 0.601. The number of ether oxygens (including phenoxy) is 4. The minimum absolute atomic E-state index is 0.185. The normalized spacial score (nSPS) is 31.2. The van der Waals surface area contributed by atoms with E-state index < -0.39 is 48.5 Å². The zero-order valence-corrected chi connectivity index (χ0v) is 12.9. The summed E-state index contributed by atoms with van der Waals surface area (Å²) in [5, 5.41) is 12.5. The highest BCUT2D eigenvalue weighted by molar-refractivity contribution is 5.73. The van der Waals surface area contributed by atoms with Crippen molar-refractivity contribution in [3.05, 3.63) is 0 Å². The van der Waals surface area contributed by atoms with Crippen LogP contribution in [0.15, 0.2) is 0 Å². The molecule has 0 bridgehead atoms. The Morgan fingerprint density at radius 3 is 2.23 bits per heavy atom. The van der Waals surface area contributed by atoms with E-state index in [1.54, 1.807) is 0 Å². The van der Waals surface area contributed by atoms with E-state index >= 15 is 0 Å². The molecule has 1 aliphatic rings. The summed E-state index contributed by atoms with van der Waals surface area (Å²) < 4.78 is 20.6. The first-order valence-electron chi connectivity index (χ1n) is 6.70. The standard InChI is InChI=1S/C13H21NO8/c1-6(15)14-10-12(21-8(3)17)11(19-4)9(22-13(10)18)5-20-7(2)16/h9-13,18H,5H2,1-4H3,(H,14,15)/t9?,10?,11-,12?,13-/m1/s1. The smallest absolute Gasteiger partial charge is 0.303 e. The third-order valence-corrected chi connectivity index (χ3v) is 3.06. The molecule has 126 valence electrons. The van der Waals surface area contributed by atoms with Gasteiger partial charge in [0.2, 0.25) is 5.91 Å². The van der Waals surface area contributed by atoms with Crippen molar-refractivity contribution in [2.24, 2.45) is 0 Å². The Hall–Kier alpha value is -1.71. The van der Waals surface area contributed by atoms with Crippen LogP contribution in [0.3, 0.4) is 0 Å². The zero-order valence-electron chi connectivity index (χ0n) is 12.9. The topological polar surface area (TPSA) is 120 Å². The largest absolute Gasteiger partial charge is 0.463 e. The number of carbonyl (C=O) groups is 3. The molecule has 22 heavy (non-hydrogen) atoms. The van der Waals surface area contributed by atoms with Gasteiger partial charge in [-0.1, -0.05) is 0 Å². The maximum atomic E-state index is 11.3. The van der Waals surface area contributed by atoms with E-state index in [2.05, 4.69) is 5.32 Å². The number of methoxy groups -OCH3 is 1. The highest BCUT2D eigenvalue weighted by Gasteiger charge is 2.48. The van der Waals surface area contributed by atoms with Crippen LogP contribution >= 0.6 is 0 Å². The van der Waals surface area contributed by atoms with Crippen molar-refractivity contribution in [1.29, 1.82) is 0 Å². The Morgan fingerprint density at radius 2 is 1.77 bits per heavy atom. The number of rotatable bonds is 5. The Kier molecular flexibility index (Phi) is 6.72. The lowest BCUT2D eigenvalue weighted by Gasteiger charge is -2.43. The van der Waals surface area contributed by atoms with Gasteiger partial charge in [-0.25, -0.2) is 0 Å². The minimum Gasteiger partial charge on any atom is -0.463 e. The van der Waals surface area contributed by atoms with Gasteiger partial charge in [0.05, 0.1) is 0 Å². The molecular formula is C13H21NO8. The molecule has 3 unspecified atom stereocenters. The molecule has 1 saturated heterocycles. The first-order chi connectivity index (χ1) is 10.3. The molecule has 1 aliphatic heterocycles. The molecule has 5 atom stereocenters. The average Bonchev–Trinajstić information content (AvgIpc) is 2.39. The molecule has 2 N–H and O–H groups in total. The van der Waals surface area contributed by atoms with E-state index in [9.17, 15) is 19.5 Å². The first kappa shape index (κ1) is 18.3. The summed E-state index contributed by atoms with van der Waals surface area (Å²) in [6.07, 6.45) is -4.11. The molecule has 0 radical (unpaired) electrons. The Balaban J connectivity index is 2.96. The van der Waals surface area contributed by atoms with Crippen molar-refractivity contribution in [2.45, 2.75) is 51.4 Å². The molecule has 0 spiro atoms. The van der Waals surface area contributed by atoms with E-state index in [4.69, 9.17) is 18.9 Å². The summed E-state index contributed by atoms with van der Waals surface area (Å²) in [6, 6.07) is -1.00. The van der Waals surface area contributed by atoms with E-state index in [0.717, 1.165) is 0 Å². The number of hydrogen-bond donors (Lipinski definition) is 2. The molecule has 9 nitrogen and oxygen atoms in total. The Morgan fingerprint density at radius 1 is 1.14 bits per heavy atom. The van der Waals surface area contributed by atoms with Crippen LogP contribution in [0.5, 0.6) is 0 Å². The third kappa shape index (κ3) is 4.93. The van der Waals surface area contributed by atoms with E-state index in [0.29, 0.717) is 0 Å². The van der Waals surface area contributed by atoms with Gasteiger partial charge in [-0.2, -0.15) is 0 Å². The summed E-state index contributed by atoms with van der Waals surface area (Å²) in [7, 11) is 1.35. The van der Waals surface area contributed by atoms with Crippen LogP contribution in [-0.2, 0) is 33.3 Å². The molecule has 0 aromatic heterocycles. The lowest BCUT2D eigenvalue weighted by molar-refractivity contribution is -0.264. The summed E-state index contributed by atoms with van der Waals surface area (Å²) in [6.45, 7) is 3.49. The van der Waals surface area contributed by atoms with Crippen LogP contribution in [0, 0.1) is 0 Å². The van der Waals surface area contributed by atoms with Crippen molar-refractivity contribution in [1.82, 2.24) is 5.32 Å². The van der Waals surface area contributed by atoms with Gasteiger partial charge in [-0.15, -0.1) is 0 Å². The number of esters is 2. The van der Waals surface area contributed by atoms with E-state index in [-0.39, 0.29) is 6.61 Å². The average molecular weight is 319 g/mol. The van der Waals surface area contributed by atoms with Gasteiger partial charge in [0.1, 0.15) is 24.9 Å². The summed E-state index contributed by atoms with van der Waals surface area (Å²) in [5.74, 6) is -1.57. The lowest BCUT2D eigenvalue weighted by atomic mass is 9.96. The number of aliphatic hydroxyl groups is 1. The second-order valence-electron chi connectivity index (χ2n) is 4.87. The van der Waals surface area contributed by atoms with Gasteiger partial charge >= 0.3 is 11.9 Å². The van der Waals surface area contributed by atoms with Crippen LogP contribution in [0.4, 0.5) is 0 Å². The fourth-order valence-electron chi connectivity index (χ4n) is 2.26. The van der Waals surface area contributed by atoms with Crippen molar-refractivity contribution in [3.8, 4) is 0 Å². The number of aliphatic hydroxyl groups excluding tert-OH is 1. The summed E-state index contributed by atoms with van der Waals surface area (Å²) in [5.41, 5.74) is 0. The molecule has 0 aromatic carbocycles. The van der Waals surface area contributed by atoms with E-state index in [1.165, 1.54) is 27.9 Å². The van der Waals surface area contributed by atoms with Crippen LogP contribution in [0.2, 0.25) is 0 Å². The Bertz CT molecular complexity index is 426. The van der Waals surface area contributed by atoms with Gasteiger partial charge in [-0.3, -0.25) is 14.4 Å². The van der Waals surface area contributed by atoms with Gasteiger partial charge in [0, 0.05) is 27.9 Å². The molecule has 1 heterocycles. The van der Waals surface area contributed by atoms with Gasteiger partial charge < -0.3 is 29.4 Å². The van der Waals surface area contributed by atoms with Crippen molar-refractivity contribution in [2.75, 3.05) is 13.7 Å². The molecule has 1 fully saturated rings. The zero-order chi connectivity index (χ0) is 16.9. The van der Waals surface area contributed by atoms with Crippen molar-refractivity contribution >= 4 is 17.8 Å². The highest BCUT2D eigenvalue weighted by atomic mass is 16.7. The van der Waals surface area contributed by atoms with Crippen molar-refractivity contribution < 1.29 is 38.4 Å². The molecule has 9 heteroatoms. The van der Waals surface area contributed by atoms with E-state index in [1.807, 2.05) is 0 Å². The predicted molar refractivity (Wildman–Crippen MR) is 71.5 cm³/mol. The monoisotopic (exact) mass is 319 g/mol. The molecule has 0 aliphatic carbocycles. The molecule has 1 rings (SSSR count). The van der Waals surface area contributed by atoms with Crippen LogP contribution < -0.4 is 5.32 Å². The van der Waals surface area contributed by atoms with Crippen molar-refractivity contribution in [3.63, 3.8) is 0 Å². The molecular weight excluding hydrogens is 298 g/mol. The minimum atomic E-state index is -1.44. The van der Waals surface area contributed by atoms with Gasteiger partial charge in [0.15, 0.2) is 12.4 Å². The van der Waals surface area contributed by atoms with Crippen LogP contribution in [-0.4, -0.2) is 67.3 Å². The van der Waals surface area contributed by atoms with Crippen LogP contribution in [0.1, 0.15) is 20.8 Å². The number of carbonyl (C=O) groups excluding carboxylic acids is 3. The number of nitrogens with one attached hydrogen (secondary N) is 1. The third-order valence-electron chi connectivity index (χ3n) is 3.06. The fraction of sp³-hybridized carbons (Fsp3) is 0.769. The number of hydrogen-bond acceptors (Lipinski definition) is 8. The second-order valence-corrected chi connectivity index (χ2v) is 4.87. The second kappa shape index (κ2) is 8.06. The highest BCUT2D eigenvalue weighted by Crippen LogP contribution is 2.25. The van der Waals surface area contributed by atoms with Crippen LogP contribution in [0.25, 0.3) is 0 Å². The van der Waals surface area contributed by atoms with Gasteiger partial charge in [-0.05, 0) is 0 Å². The lowest BCUT2D eigenvalue weighted by Crippen LogP contribution is -2.65. The van der Waals surface area contributed by atoms with Gasteiger partial charge in [0.25, 0.3) is 0 Å². The predicted octanol–water partition coefficient (Wildman–Crippen LogP) is -1.28. The maximum Gasteiger partial charge on any atom is 0.303 e. The molecule has 0 saturated carbocycles. The fourth-order valence-corrected chi connectivity index (χ4v) is 2.26. The summed E-state index contributed by atoms with van der Waals surface area (Å²) >= 11 is 0. The summed E-state index contributed by atoms with van der Waals surface area (Å²) in [4.78, 5) is 33.4. The molecule has 1 amide bonds. The first-order valence-corrected chi connectivity index (χ1v) is 6.70.